The van der Waals surface area contributed by atoms with Gasteiger partial charge in [-0.25, -0.2) is 0 Å². The maximum atomic E-state index is 10.2. The third-order valence-corrected chi connectivity index (χ3v) is 1.23. The highest BCUT2D eigenvalue weighted by Gasteiger charge is 1.91. The Kier molecular flexibility index (Phi) is 5.29. The first-order valence-electron chi connectivity index (χ1n) is 3.48. The predicted octanol–water partition coefficient (Wildman–Crippen LogP) is 0.422. The second-order valence-electron chi connectivity index (χ2n) is 2.25. The minimum atomic E-state index is 0.695. The second-order valence-corrected chi connectivity index (χ2v) is 2.25. The number of aliphatic imine (C=N–C) groups is 1. The van der Waals surface area contributed by atoms with Crippen molar-refractivity contribution in [3.63, 3.8) is 0 Å². The SMILES string of the molecule is CN=C(/C=C(\C)C=O)CNC. The summed E-state index contributed by atoms with van der Waals surface area (Å²) < 4.78 is 0. The minimum absolute atomic E-state index is 0.695. The van der Waals surface area contributed by atoms with Crippen LogP contribution in [-0.2, 0) is 4.79 Å². The van der Waals surface area contributed by atoms with E-state index in [1.807, 2.05) is 7.05 Å². The van der Waals surface area contributed by atoms with Gasteiger partial charge in [-0.2, -0.15) is 0 Å². The highest BCUT2D eigenvalue weighted by Crippen LogP contribution is 1.88. The number of nitrogens with zero attached hydrogens (tertiary/aromatic N) is 1. The fraction of sp³-hybridized carbons (Fsp3) is 0.500. The van der Waals surface area contributed by atoms with Gasteiger partial charge in [0.05, 0.1) is 0 Å². The molecule has 1 N–H and O–H groups in total. The molecule has 0 aromatic rings. The van der Waals surface area contributed by atoms with Gasteiger partial charge in [0, 0.05) is 19.3 Å². The average molecular weight is 154 g/mol. The Morgan fingerprint density at radius 2 is 2.27 bits per heavy atom. The molecule has 0 spiro atoms. The van der Waals surface area contributed by atoms with Gasteiger partial charge < -0.3 is 5.32 Å². The summed E-state index contributed by atoms with van der Waals surface area (Å²) in [4.78, 5) is 14.2. The molecule has 0 unspecified atom stereocenters. The molecule has 0 fully saturated rings. The molecular weight excluding hydrogens is 140 g/mol. The van der Waals surface area contributed by atoms with Crippen molar-refractivity contribution in [2.45, 2.75) is 6.92 Å². The molecule has 0 heterocycles. The zero-order valence-corrected chi connectivity index (χ0v) is 7.22. The van der Waals surface area contributed by atoms with Crippen molar-refractivity contribution in [2.24, 2.45) is 4.99 Å². The fourth-order valence-corrected chi connectivity index (χ4v) is 0.673. The van der Waals surface area contributed by atoms with Crippen LogP contribution >= 0.6 is 0 Å². The summed E-state index contributed by atoms with van der Waals surface area (Å²) in [5.41, 5.74) is 1.58. The molecule has 0 saturated heterocycles. The highest BCUT2D eigenvalue weighted by molar-refractivity contribution is 6.00. The van der Waals surface area contributed by atoms with Crippen LogP contribution in [0.2, 0.25) is 0 Å². The molecular formula is C8H14N2O. The lowest BCUT2D eigenvalue weighted by atomic mass is 10.2. The Morgan fingerprint density at radius 1 is 1.64 bits per heavy atom. The van der Waals surface area contributed by atoms with Crippen molar-refractivity contribution in [2.75, 3.05) is 20.6 Å². The van der Waals surface area contributed by atoms with Gasteiger partial charge in [-0.05, 0) is 25.6 Å². The smallest absolute Gasteiger partial charge is 0.145 e. The van der Waals surface area contributed by atoms with Crippen LogP contribution in [0.4, 0.5) is 0 Å². The molecule has 0 aliphatic rings. The fourth-order valence-electron chi connectivity index (χ4n) is 0.673. The standard InChI is InChI=1S/C8H14N2O/c1-7(6-11)4-8(10-3)5-9-2/h4,6,9H,5H2,1-3H3/b7-4+,10-8?. The molecule has 0 rings (SSSR count). The van der Waals surface area contributed by atoms with Crippen LogP contribution < -0.4 is 5.32 Å². The van der Waals surface area contributed by atoms with Gasteiger partial charge in [0.1, 0.15) is 6.29 Å². The van der Waals surface area contributed by atoms with Crippen LogP contribution in [0, 0.1) is 0 Å². The van der Waals surface area contributed by atoms with E-state index in [2.05, 4.69) is 10.3 Å². The number of carbonyl (C=O) groups excluding carboxylic acids is 1. The maximum absolute atomic E-state index is 10.2. The lowest BCUT2D eigenvalue weighted by Gasteiger charge is -1.97. The van der Waals surface area contributed by atoms with E-state index in [1.54, 1.807) is 20.0 Å². The average Bonchev–Trinajstić information content (AvgIpc) is 2.03. The van der Waals surface area contributed by atoms with E-state index in [1.165, 1.54) is 0 Å². The summed E-state index contributed by atoms with van der Waals surface area (Å²) in [7, 11) is 3.55. The number of rotatable bonds is 4. The first kappa shape index (κ1) is 10.0. The largest absolute Gasteiger partial charge is 0.314 e. The van der Waals surface area contributed by atoms with Crippen molar-refractivity contribution in [1.82, 2.24) is 5.32 Å². The monoisotopic (exact) mass is 154 g/mol. The first-order chi connectivity index (χ1) is 5.24. The van der Waals surface area contributed by atoms with E-state index < -0.39 is 0 Å². The molecule has 11 heavy (non-hydrogen) atoms. The van der Waals surface area contributed by atoms with E-state index >= 15 is 0 Å². The first-order valence-corrected chi connectivity index (χ1v) is 3.48. The molecule has 0 aliphatic heterocycles. The van der Waals surface area contributed by atoms with Gasteiger partial charge in [-0.1, -0.05) is 0 Å². The summed E-state index contributed by atoms with van der Waals surface area (Å²) in [5.74, 6) is 0. The highest BCUT2D eigenvalue weighted by atomic mass is 16.1. The maximum Gasteiger partial charge on any atom is 0.145 e. The topological polar surface area (TPSA) is 41.5 Å². The number of allylic oxidation sites excluding steroid dienone is 1. The normalized spacial score (nSPS) is 13.4. The van der Waals surface area contributed by atoms with E-state index in [0.717, 1.165) is 12.0 Å². The van der Waals surface area contributed by atoms with E-state index in [-0.39, 0.29) is 0 Å². The van der Waals surface area contributed by atoms with Crippen LogP contribution in [0.5, 0.6) is 0 Å². The third kappa shape index (κ3) is 4.44. The van der Waals surface area contributed by atoms with Crippen molar-refractivity contribution < 1.29 is 4.79 Å². The van der Waals surface area contributed by atoms with Crippen molar-refractivity contribution in [3.05, 3.63) is 11.6 Å². The molecule has 0 saturated carbocycles. The minimum Gasteiger partial charge on any atom is -0.314 e. The molecule has 0 aromatic heterocycles. The van der Waals surface area contributed by atoms with E-state index in [0.29, 0.717) is 12.1 Å². The number of nitrogens with one attached hydrogen (secondary N) is 1. The molecule has 62 valence electrons. The number of hydrogen-bond acceptors (Lipinski definition) is 3. The number of hydrogen-bond donors (Lipinski definition) is 1. The Hall–Kier alpha value is -0.960. The van der Waals surface area contributed by atoms with Gasteiger partial charge in [0.25, 0.3) is 0 Å². The Morgan fingerprint density at radius 3 is 2.64 bits per heavy atom. The van der Waals surface area contributed by atoms with Gasteiger partial charge in [0.2, 0.25) is 0 Å². The summed E-state index contributed by atoms with van der Waals surface area (Å²) in [6, 6.07) is 0. The van der Waals surface area contributed by atoms with Crippen molar-refractivity contribution >= 4 is 12.0 Å². The summed E-state index contributed by atoms with van der Waals surface area (Å²) in [6.45, 7) is 2.45. The summed E-state index contributed by atoms with van der Waals surface area (Å²) in [6.07, 6.45) is 2.59. The van der Waals surface area contributed by atoms with Crippen LogP contribution in [0.3, 0.4) is 0 Å². The molecule has 3 heteroatoms. The van der Waals surface area contributed by atoms with Crippen molar-refractivity contribution in [1.29, 1.82) is 0 Å². The molecule has 0 bridgehead atoms. The summed E-state index contributed by atoms with van der Waals surface area (Å²) >= 11 is 0. The van der Waals surface area contributed by atoms with Crippen LogP contribution in [0.25, 0.3) is 0 Å². The number of aldehydes is 1. The van der Waals surface area contributed by atoms with Crippen LogP contribution in [-0.4, -0.2) is 32.6 Å². The van der Waals surface area contributed by atoms with Crippen LogP contribution in [0.1, 0.15) is 6.92 Å². The Balaban J connectivity index is 4.18. The molecule has 0 radical (unpaired) electrons. The lowest BCUT2D eigenvalue weighted by Crippen LogP contribution is -2.17. The molecule has 0 aromatic carbocycles. The second kappa shape index (κ2) is 5.80. The predicted molar refractivity (Wildman–Crippen MR) is 47.1 cm³/mol. The molecule has 0 atom stereocenters. The lowest BCUT2D eigenvalue weighted by molar-refractivity contribution is -0.104. The number of carbonyl (C=O) groups is 1. The van der Waals surface area contributed by atoms with Crippen molar-refractivity contribution in [3.8, 4) is 0 Å². The molecule has 0 amide bonds. The third-order valence-electron chi connectivity index (χ3n) is 1.23. The Bertz CT molecular complexity index is 183. The molecule has 3 nitrogen and oxygen atoms in total. The zero-order chi connectivity index (χ0) is 8.69. The van der Waals surface area contributed by atoms with Gasteiger partial charge in [-0.3, -0.25) is 9.79 Å². The zero-order valence-electron chi connectivity index (χ0n) is 7.22. The van der Waals surface area contributed by atoms with Gasteiger partial charge >= 0.3 is 0 Å². The van der Waals surface area contributed by atoms with Gasteiger partial charge in [-0.15, -0.1) is 0 Å². The van der Waals surface area contributed by atoms with E-state index in [9.17, 15) is 4.79 Å². The Labute approximate surface area is 67.2 Å². The van der Waals surface area contributed by atoms with E-state index in [4.69, 9.17) is 0 Å². The van der Waals surface area contributed by atoms with Crippen LogP contribution in [0.15, 0.2) is 16.6 Å². The van der Waals surface area contributed by atoms with Gasteiger partial charge in [0.15, 0.2) is 0 Å². The quantitative estimate of drug-likeness (QED) is 0.362. The molecule has 0 aliphatic carbocycles. The summed E-state index contributed by atoms with van der Waals surface area (Å²) in [5, 5.41) is 2.96.